The Morgan fingerprint density at radius 1 is 1.23 bits per heavy atom. The molecule has 1 aromatic heterocycles. The molecule has 132 valence electrons. The van der Waals surface area contributed by atoms with Gasteiger partial charge in [0.25, 0.3) is 5.56 Å². The molecule has 0 unspecified atom stereocenters. The van der Waals surface area contributed by atoms with Crippen LogP contribution in [-0.2, 0) is 7.05 Å². The smallest absolute Gasteiger partial charge is 0.268 e. The molecule has 0 aliphatic heterocycles. The van der Waals surface area contributed by atoms with Gasteiger partial charge in [0, 0.05) is 28.7 Å². The molecule has 0 radical (unpaired) electrons. The molecular weight excluding hydrogens is 417 g/mol. The summed E-state index contributed by atoms with van der Waals surface area (Å²) in [5.41, 5.74) is 1.53. The average molecular weight is 432 g/mol. The SMILES string of the molecule is Cc1ccccc1C(=O)/C=c1\s/c(=C\c2ccc(Br)cc2F)c(=O)n1C. The predicted molar refractivity (Wildman–Crippen MR) is 106 cm³/mol. The third-order valence-corrected chi connectivity index (χ3v) is 5.58. The second-order valence-electron chi connectivity index (χ2n) is 5.80. The first-order chi connectivity index (χ1) is 12.4. The first-order valence-corrected chi connectivity index (χ1v) is 9.42. The number of nitrogens with zero attached hydrogens (tertiary/aromatic N) is 1. The number of thiazole rings is 1. The quantitative estimate of drug-likeness (QED) is 0.597. The van der Waals surface area contributed by atoms with Crippen molar-refractivity contribution in [1.82, 2.24) is 4.57 Å². The minimum Gasteiger partial charge on any atom is -0.302 e. The first-order valence-electron chi connectivity index (χ1n) is 7.81. The van der Waals surface area contributed by atoms with Crippen LogP contribution in [-0.4, -0.2) is 10.4 Å². The zero-order chi connectivity index (χ0) is 18.8. The van der Waals surface area contributed by atoms with Crippen molar-refractivity contribution in [2.24, 2.45) is 7.05 Å². The maximum atomic E-state index is 14.0. The van der Waals surface area contributed by atoms with Crippen molar-refractivity contribution in [2.45, 2.75) is 6.92 Å². The van der Waals surface area contributed by atoms with Crippen molar-refractivity contribution < 1.29 is 9.18 Å². The molecule has 3 aromatic rings. The van der Waals surface area contributed by atoms with Crippen LogP contribution in [0.15, 0.2) is 51.7 Å². The lowest BCUT2D eigenvalue weighted by molar-refractivity contribution is 0.106. The van der Waals surface area contributed by atoms with E-state index in [1.54, 1.807) is 31.3 Å². The van der Waals surface area contributed by atoms with Crippen molar-refractivity contribution in [3.05, 3.63) is 89.0 Å². The fourth-order valence-corrected chi connectivity index (χ4v) is 3.86. The topological polar surface area (TPSA) is 39.1 Å². The number of hydrogen-bond acceptors (Lipinski definition) is 3. The highest BCUT2D eigenvalue weighted by Gasteiger charge is 2.08. The van der Waals surface area contributed by atoms with Crippen LogP contribution >= 0.6 is 27.3 Å². The number of rotatable bonds is 3. The standard InChI is InChI=1S/C20H15BrFNO2S/c1-12-5-3-4-6-15(12)17(24)11-19-23(2)20(25)18(26-19)9-13-7-8-14(21)10-16(13)22/h3-11H,1-2H3/b18-9-,19-11-. The van der Waals surface area contributed by atoms with Gasteiger partial charge in [0.15, 0.2) is 5.78 Å². The monoisotopic (exact) mass is 431 g/mol. The summed E-state index contributed by atoms with van der Waals surface area (Å²) < 4.78 is 17.0. The summed E-state index contributed by atoms with van der Waals surface area (Å²) in [5.74, 6) is -0.585. The van der Waals surface area contributed by atoms with Crippen LogP contribution < -0.4 is 14.8 Å². The van der Waals surface area contributed by atoms with Crippen LogP contribution in [0.4, 0.5) is 4.39 Å². The van der Waals surface area contributed by atoms with E-state index in [4.69, 9.17) is 0 Å². The summed E-state index contributed by atoms with van der Waals surface area (Å²) >= 11 is 4.37. The van der Waals surface area contributed by atoms with Gasteiger partial charge in [-0.25, -0.2) is 4.39 Å². The number of aryl methyl sites for hydroxylation is 1. The van der Waals surface area contributed by atoms with Gasteiger partial charge < -0.3 is 4.57 Å². The maximum Gasteiger partial charge on any atom is 0.268 e. The fourth-order valence-electron chi connectivity index (χ4n) is 2.51. The van der Waals surface area contributed by atoms with Crippen LogP contribution in [0.1, 0.15) is 21.5 Å². The molecule has 0 bridgehead atoms. The summed E-state index contributed by atoms with van der Waals surface area (Å²) in [4.78, 5) is 25.0. The molecule has 0 aliphatic rings. The Balaban J connectivity index is 2.11. The largest absolute Gasteiger partial charge is 0.302 e. The number of ketones is 1. The van der Waals surface area contributed by atoms with E-state index in [2.05, 4.69) is 15.9 Å². The summed E-state index contributed by atoms with van der Waals surface area (Å²) in [6.45, 7) is 1.87. The zero-order valence-electron chi connectivity index (χ0n) is 14.1. The fraction of sp³-hybridized carbons (Fsp3) is 0.100. The summed E-state index contributed by atoms with van der Waals surface area (Å²) in [5, 5.41) is 0. The number of hydrogen-bond donors (Lipinski definition) is 0. The molecule has 0 N–H and O–H groups in total. The summed E-state index contributed by atoms with van der Waals surface area (Å²) in [6, 6.07) is 11.9. The second kappa shape index (κ2) is 7.51. The number of carbonyl (C=O) groups excluding carboxylic acids is 1. The van der Waals surface area contributed by atoms with Crippen LogP contribution in [0.3, 0.4) is 0 Å². The molecule has 3 nitrogen and oxygen atoms in total. The normalized spacial score (nSPS) is 12.6. The molecule has 6 heteroatoms. The molecule has 0 spiro atoms. The highest BCUT2D eigenvalue weighted by atomic mass is 79.9. The highest BCUT2D eigenvalue weighted by molar-refractivity contribution is 9.10. The lowest BCUT2D eigenvalue weighted by Gasteiger charge is -1.99. The van der Waals surface area contributed by atoms with Crippen molar-refractivity contribution in [1.29, 1.82) is 0 Å². The Labute approximate surface area is 161 Å². The zero-order valence-corrected chi connectivity index (χ0v) is 16.5. The van der Waals surface area contributed by atoms with Gasteiger partial charge >= 0.3 is 0 Å². The van der Waals surface area contributed by atoms with E-state index >= 15 is 0 Å². The summed E-state index contributed by atoms with van der Waals surface area (Å²) in [7, 11) is 1.60. The van der Waals surface area contributed by atoms with Crippen LogP contribution in [0.2, 0.25) is 0 Å². The molecule has 0 amide bonds. The molecule has 3 rings (SSSR count). The minimum absolute atomic E-state index is 0.165. The lowest BCUT2D eigenvalue weighted by atomic mass is 10.1. The molecule has 0 saturated heterocycles. The van der Waals surface area contributed by atoms with Gasteiger partial charge in [-0.1, -0.05) is 46.3 Å². The molecule has 2 aromatic carbocycles. The first kappa shape index (κ1) is 18.5. The van der Waals surface area contributed by atoms with Gasteiger partial charge in [0.1, 0.15) is 10.5 Å². The Kier molecular flexibility index (Phi) is 5.34. The van der Waals surface area contributed by atoms with Gasteiger partial charge in [-0.3, -0.25) is 9.59 Å². The molecule has 26 heavy (non-hydrogen) atoms. The van der Waals surface area contributed by atoms with Crippen LogP contribution in [0, 0.1) is 12.7 Å². The number of halogens is 2. The second-order valence-corrected chi connectivity index (χ2v) is 7.78. The van der Waals surface area contributed by atoms with E-state index in [1.807, 2.05) is 19.1 Å². The van der Waals surface area contributed by atoms with E-state index in [9.17, 15) is 14.0 Å². The third-order valence-electron chi connectivity index (χ3n) is 3.97. The number of Topliss-reactive ketones (excluding diaryl/α,β-unsaturated/α-hetero) is 1. The van der Waals surface area contributed by atoms with Crippen LogP contribution in [0.25, 0.3) is 12.2 Å². The van der Waals surface area contributed by atoms with Crippen LogP contribution in [0.5, 0.6) is 0 Å². The third kappa shape index (κ3) is 3.76. The molecular formula is C20H15BrFNO2S. The lowest BCUT2D eigenvalue weighted by Crippen LogP contribution is -2.29. The Morgan fingerprint density at radius 3 is 2.65 bits per heavy atom. The van der Waals surface area contributed by atoms with E-state index < -0.39 is 5.82 Å². The van der Waals surface area contributed by atoms with Gasteiger partial charge in [0.2, 0.25) is 0 Å². The molecule has 1 heterocycles. The van der Waals surface area contributed by atoms with Crippen molar-refractivity contribution in [3.63, 3.8) is 0 Å². The Bertz CT molecular complexity index is 1180. The Hall–Kier alpha value is -2.31. The van der Waals surface area contributed by atoms with Crippen molar-refractivity contribution in [2.75, 3.05) is 0 Å². The average Bonchev–Trinajstić information content (AvgIpc) is 2.85. The van der Waals surface area contributed by atoms with Gasteiger partial charge in [0.05, 0.1) is 4.53 Å². The Morgan fingerprint density at radius 2 is 1.96 bits per heavy atom. The molecule has 0 atom stereocenters. The molecule has 0 aliphatic carbocycles. The number of carbonyl (C=O) groups is 1. The minimum atomic E-state index is -0.420. The highest BCUT2D eigenvalue weighted by Crippen LogP contribution is 2.15. The maximum absolute atomic E-state index is 14.0. The number of aromatic nitrogens is 1. The number of benzene rings is 2. The van der Waals surface area contributed by atoms with Gasteiger partial charge in [-0.15, -0.1) is 11.3 Å². The van der Waals surface area contributed by atoms with E-state index in [-0.39, 0.29) is 11.3 Å². The molecule has 0 saturated carbocycles. The predicted octanol–water partition coefficient (Wildman–Crippen LogP) is 3.15. The van der Waals surface area contributed by atoms with E-state index in [0.29, 0.717) is 24.8 Å². The summed E-state index contributed by atoms with van der Waals surface area (Å²) in [6.07, 6.45) is 2.95. The van der Waals surface area contributed by atoms with Crippen molar-refractivity contribution in [3.8, 4) is 0 Å². The van der Waals surface area contributed by atoms with Gasteiger partial charge in [-0.2, -0.15) is 0 Å². The van der Waals surface area contributed by atoms with E-state index in [0.717, 1.165) is 16.9 Å². The van der Waals surface area contributed by atoms with Crippen molar-refractivity contribution >= 4 is 45.2 Å². The van der Waals surface area contributed by atoms with Gasteiger partial charge in [-0.05, 0) is 30.7 Å². The van der Waals surface area contributed by atoms with E-state index in [1.165, 1.54) is 22.8 Å². The molecule has 0 fully saturated rings.